The summed E-state index contributed by atoms with van der Waals surface area (Å²) in [5.74, 6) is 1.04. The van der Waals surface area contributed by atoms with E-state index in [2.05, 4.69) is 4.98 Å². The Hall–Kier alpha value is -1.67. The molecule has 0 bridgehead atoms. The zero-order valence-corrected chi connectivity index (χ0v) is 14.0. The van der Waals surface area contributed by atoms with Gasteiger partial charge in [0.15, 0.2) is 0 Å². The van der Waals surface area contributed by atoms with Gasteiger partial charge in [0, 0.05) is 18.8 Å². The Morgan fingerprint density at radius 3 is 2.61 bits per heavy atom. The lowest BCUT2D eigenvalue weighted by atomic mass is 9.93. The van der Waals surface area contributed by atoms with Crippen molar-refractivity contribution >= 4 is 21.9 Å². The lowest BCUT2D eigenvalue weighted by Crippen LogP contribution is -2.38. The van der Waals surface area contributed by atoms with Gasteiger partial charge < -0.3 is 4.74 Å². The highest BCUT2D eigenvalue weighted by Gasteiger charge is 2.27. The number of nitrogens with zero attached hydrogens (tertiary/aromatic N) is 3. The molecule has 3 heterocycles. The molecule has 1 aromatic rings. The van der Waals surface area contributed by atoms with E-state index in [9.17, 15) is 13.2 Å². The third kappa shape index (κ3) is 3.81. The summed E-state index contributed by atoms with van der Waals surface area (Å²) in [6.45, 7) is 2.07. The number of hydrogen-bond donors (Lipinski definition) is 0. The molecule has 23 heavy (non-hydrogen) atoms. The molecule has 2 fully saturated rings. The number of hydrogen-bond acceptors (Lipinski definition) is 5. The highest BCUT2D eigenvalue weighted by molar-refractivity contribution is 7.88. The summed E-state index contributed by atoms with van der Waals surface area (Å²) < 4.78 is 29.5. The SMILES string of the molecule is CS(=O)(=O)N1CCC(Cc2cccc(N3CCOC3=O)n2)CC1. The second-order valence-corrected chi connectivity index (χ2v) is 8.05. The van der Waals surface area contributed by atoms with E-state index in [-0.39, 0.29) is 6.09 Å². The maximum Gasteiger partial charge on any atom is 0.415 e. The molecule has 0 atom stereocenters. The molecule has 2 saturated heterocycles. The summed E-state index contributed by atoms with van der Waals surface area (Å²) in [7, 11) is -3.09. The Balaban J connectivity index is 1.62. The van der Waals surface area contributed by atoms with E-state index in [1.54, 1.807) is 0 Å². The van der Waals surface area contributed by atoms with E-state index in [0.29, 0.717) is 38.0 Å². The molecule has 126 valence electrons. The zero-order chi connectivity index (χ0) is 16.4. The maximum absolute atomic E-state index is 11.6. The van der Waals surface area contributed by atoms with Gasteiger partial charge in [-0.1, -0.05) is 6.07 Å². The first-order chi connectivity index (χ1) is 10.9. The third-order valence-corrected chi connectivity index (χ3v) is 5.67. The largest absolute Gasteiger partial charge is 0.447 e. The fraction of sp³-hybridized carbons (Fsp3) is 0.600. The molecule has 0 aliphatic carbocycles. The number of carbonyl (C=O) groups is 1. The van der Waals surface area contributed by atoms with Crippen LogP contribution in [0.1, 0.15) is 18.5 Å². The van der Waals surface area contributed by atoms with Gasteiger partial charge in [-0.25, -0.2) is 22.5 Å². The number of rotatable bonds is 4. The van der Waals surface area contributed by atoms with Gasteiger partial charge in [0.05, 0.1) is 12.8 Å². The van der Waals surface area contributed by atoms with Crippen LogP contribution in [-0.2, 0) is 21.2 Å². The number of ether oxygens (including phenoxy) is 1. The summed E-state index contributed by atoms with van der Waals surface area (Å²) >= 11 is 0. The minimum atomic E-state index is -3.09. The number of carbonyl (C=O) groups excluding carboxylic acids is 1. The lowest BCUT2D eigenvalue weighted by molar-refractivity contribution is 0.181. The second kappa shape index (κ2) is 6.45. The molecular formula is C15H21N3O4S. The quantitative estimate of drug-likeness (QED) is 0.825. The van der Waals surface area contributed by atoms with Gasteiger partial charge in [0.25, 0.3) is 0 Å². The number of piperidine rings is 1. The number of aromatic nitrogens is 1. The highest BCUT2D eigenvalue weighted by Crippen LogP contribution is 2.24. The van der Waals surface area contributed by atoms with Crippen molar-refractivity contribution in [3.05, 3.63) is 23.9 Å². The predicted molar refractivity (Wildman–Crippen MR) is 85.8 cm³/mol. The number of anilines is 1. The van der Waals surface area contributed by atoms with E-state index in [0.717, 1.165) is 25.0 Å². The minimum absolute atomic E-state index is 0.351. The molecule has 0 spiro atoms. The van der Waals surface area contributed by atoms with Crippen molar-refractivity contribution in [1.82, 2.24) is 9.29 Å². The molecule has 0 unspecified atom stereocenters. The fourth-order valence-electron chi connectivity index (χ4n) is 3.07. The van der Waals surface area contributed by atoms with E-state index in [4.69, 9.17) is 4.74 Å². The van der Waals surface area contributed by atoms with Crippen LogP contribution in [-0.4, -0.2) is 56.3 Å². The van der Waals surface area contributed by atoms with Crippen LogP contribution in [0, 0.1) is 5.92 Å². The van der Waals surface area contributed by atoms with Gasteiger partial charge in [-0.15, -0.1) is 0 Å². The van der Waals surface area contributed by atoms with Gasteiger partial charge in [-0.05, 0) is 37.3 Å². The summed E-state index contributed by atoms with van der Waals surface area (Å²) in [6, 6.07) is 5.66. The number of sulfonamides is 1. The van der Waals surface area contributed by atoms with Crippen molar-refractivity contribution in [2.75, 3.05) is 37.4 Å². The molecular weight excluding hydrogens is 318 g/mol. The predicted octanol–water partition coefficient (Wildman–Crippen LogP) is 1.25. The van der Waals surface area contributed by atoms with Crippen LogP contribution in [0.5, 0.6) is 0 Å². The zero-order valence-electron chi connectivity index (χ0n) is 13.1. The summed E-state index contributed by atoms with van der Waals surface area (Å²) in [5, 5.41) is 0. The Morgan fingerprint density at radius 2 is 2.00 bits per heavy atom. The number of pyridine rings is 1. The standard InChI is InChI=1S/C15H21N3O4S/c1-23(20,21)17-7-5-12(6-8-17)11-13-3-2-4-14(16-13)18-9-10-22-15(18)19/h2-4,12H,5-11H2,1H3. The molecule has 2 aliphatic heterocycles. The molecule has 1 amide bonds. The van der Waals surface area contributed by atoms with Crippen LogP contribution in [0.3, 0.4) is 0 Å². The van der Waals surface area contributed by atoms with Gasteiger partial charge in [-0.3, -0.25) is 4.90 Å². The van der Waals surface area contributed by atoms with E-state index >= 15 is 0 Å². The van der Waals surface area contributed by atoms with Crippen molar-refractivity contribution in [3.63, 3.8) is 0 Å². The molecule has 8 heteroatoms. The summed E-state index contributed by atoms with van der Waals surface area (Å²) in [4.78, 5) is 17.7. The van der Waals surface area contributed by atoms with E-state index < -0.39 is 10.0 Å². The smallest absolute Gasteiger partial charge is 0.415 e. The third-order valence-electron chi connectivity index (χ3n) is 4.37. The summed E-state index contributed by atoms with van der Waals surface area (Å²) in [6.07, 6.45) is 3.38. The van der Waals surface area contributed by atoms with E-state index in [1.807, 2.05) is 18.2 Å². The molecule has 3 rings (SSSR count). The number of cyclic esters (lactones) is 1. The average Bonchev–Trinajstić information content (AvgIpc) is 2.93. The molecule has 1 aromatic heterocycles. The Bertz CT molecular complexity index is 684. The molecule has 0 radical (unpaired) electrons. The summed E-state index contributed by atoms with van der Waals surface area (Å²) in [5.41, 5.74) is 0.931. The van der Waals surface area contributed by atoms with Crippen LogP contribution in [0.2, 0.25) is 0 Å². The first kappa shape index (κ1) is 16.2. The number of amides is 1. The van der Waals surface area contributed by atoms with Crippen LogP contribution in [0.15, 0.2) is 18.2 Å². The highest BCUT2D eigenvalue weighted by atomic mass is 32.2. The van der Waals surface area contributed by atoms with Crippen molar-refractivity contribution in [3.8, 4) is 0 Å². The first-order valence-corrected chi connectivity index (χ1v) is 9.63. The van der Waals surface area contributed by atoms with E-state index in [1.165, 1.54) is 15.5 Å². The van der Waals surface area contributed by atoms with Crippen LogP contribution in [0.4, 0.5) is 10.6 Å². The van der Waals surface area contributed by atoms with Crippen molar-refractivity contribution in [2.24, 2.45) is 5.92 Å². The Labute approximate surface area is 136 Å². The van der Waals surface area contributed by atoms with Crippen molar-refractivity contribution < 1.29 is 17.9 Å². The van der Waals surface area contributed by atoms with Crippen molar-refractivity contribution in [1.29, 1.82) is 0 Å². The molecule has 7 nitrogen and oxygen atoms in total. The minimum Gasteiger partial charge on any atom is -0.447 e. The van der Waals surface area contributed by atoms with Gasteiger partial charge in [0.1, 0.15) is 12.4 Å². The lowest BCUT2D eigenvalue weighted by Gasteiger charge is -2.30. The first-order valence-electron chi connectivity index (χ1n) is 7.79. The van der Waals surface area contributed by atoms with Crippen LogP contribution < -0.4 is 4.90 Å². The average molecular weight is 339 g/mol. The molecule has 0 N–H and O–H groups in total. The topological polar surface area (TPSA) is 79.8 Å². The normalized spacial score (nSPS) is 20.7. The van der Waals surface area contributed by atoms with Gasteiger partial charge in [0.2, 0.25) is 10.0 Å². The Kier molecular flexibility index (Phi) is 4.54. The van der Waals surface area contributed by atoms with Crippen molar-refractivity contribution in [2.45, 2.75) is 19.3 Å². The monoisotopic (exact) mass is 339 g/mol. The molecule has 0 saturated carbocycles. The fourth-order valence-corrected chi connectivity index (χ4v) is 3.95. The Morgan fingerprint density at radius 1 is 1.26 bits per heavy atom. The second-order valence-electron chi connectivity index (χ2n) is 6.06. The molecule has 0 aromatic carbocycles. The van der Waals surface area contributed by atoms with Gasteiger partial charge in [-0.2, -0.15) is 0 Å². The van der Waals surface area contributed by atoms with Gasteiger partial charge >= 0.3 is 6.09 Å². The van der Waals surface area contributed by atoms with Crippen LogP contribution >= 0.6 is 0 Å². The maximum atomic E-state index is 11.6. The molecule has 2 aliphatic rings. The van der Waals surface area contributed by atoms with Crippen LogP contribution in [0.25, 0.3) is 0 Å².